The fraction of sp³-hybridized carbons (Fsp3) is 0.167. The molecular weight excluding hydrogens is 672 g/mol. The number of benzene rings is 5. The number of nitro benzene ring substituents is 1. The quantitative estimate of drug-likeness (QED) is 0.0283. The summed E-state index contributed by atoms with van der Waals surface area (Å²) < 4.78 is 0. The second kappa shape index (κ2) is 18.0. The van der Waals surface area contributed by atoms with E-state index in [1.807, 2.05) is 91.0 Å². The highest BCUT2D eigenvalue weighted by Crippen LogP contribution is 2.38. The van der Waals surface area contributed by atoms with Crippen molar-refractivity contribution in [2.75, 3.05) is 13.1 Å². The molecule has 11 heteroatoms. The first-order valence-corrected chi connectivity index (χ1v) is 17.1. The fourth-order valence-corrected chi connectivity index (χ4v) is 6.15. The van der Waals surface area contributed by atoms with Crippen molar-refractivity contribution < 1.29 is 29.5 Å². The molecule has 0 aliphatic rings. The minimum atomic E-state index is -1.10. The van der Waals surface area contributed by atoms with Gasteiger partial charge >= 0.3 is 0 Å². The molecule has 11 nitrogen and oxygen atoms in total. The molecule has 1 atom stereocenters. The second-order valence-corrected chi connectivity index (χ2v) is 12.4. The van der Waals surface area contributed by atoms with Crippen molar-refractivity contribution >= 4 is 29.5 Å². The third kappa shape index (κ3) is 9.95. The second-order valence-electron chi connectivity index (χ2n) is 12.4. The van der Waals surface area contributed by atoms with E-state index in [0.29, 0.717) is 17.5 Å². The van der Waals surface area contributed by atoms with E-state index in [1.54, 1.807) is 12.1 Å². The Kier molecular flexibility index (Phi) is 12.7. The Morgan fingerprint density at radius 3 is 1.91 bits per heavy atom. The molecule has 5 N–H and O–H groups in total. The van der Waals surface area contributed by atoms with Gasteiger partial charge in [-0.05, 0) is 58.9 Å². The molecule has 0 aliphatic carbocycles. The Morgan fingerprint density at radius 1 is 0.736 bits per heavy atom. The summed E-state index contributed by atoms with van der Waals surface area (Å²) in [6, 6.07) is 38.8. The number of nitrogens with one attached hydrogen (secondary N) is 3. The third-order valence-electron chi connectivity index (χ3n) is 8.90. The van der Waals surface area contributed by atoms with E-state index in [0.717, 1.165) is 16.7 Å². The first kappa shape index (κ1) is 37.5. The highest BCUT2D eigenvalue weighted by Gasteiger charge is 2.36. The number of aromatic hydroxyl groups is 2. The molecular formula is C42H40N4O7. The van der Waals surface area contributed by atoms with Crippen molar-refractivity contribution in [3.63, 3.8) is 0 Å². The van der Waals surface area contributed by atoms with Crippen LogP contribution in [0.15, 0.2) is 140 Å². The van der Waals surface area contributed by atoms with Crippen LogP contribution in [-0.2, 0) is 26.2 Å². The number of carbonyl (C=O) groups is 3. The monoisotopic (exact) mass is 712 g/mol. The van der Waals surface area contributed by atoms with Gasteiger partial charge in [0.1, 0.15) is 6.04 Å². The molecule has 0 aromatic heterocycles. The molecule has 53 heavy (non-hydrogen) atoms. The number of nitrogens with zero attached hydrogens (tertiary/aromatic N) is 1. The summed E-state index contributed by atoms with van der Waals surface area (Å²) in [5.41, 5.74) is 3.18. The van der Waals surface area contributed by atoms with Gasteiger partial charge in [0.2, 0.25) is 17.7 Å². The van der Waals surface area contributed by atoms with Gasteiger partial charge in [0.25, 0.3) is 5.69 Å². The van der Waals surface area contributed by atoms with Gasteiger partial charge in [-0.1, -0.05) is 109 Å². The Labute approximate surface area is 307 Å². The maximum absolute atomic E-state index is 13.6. The van der Waals surface area contributed by atoms with Crippen molar-refractivity contribution in [2.45, 2.75) is 30.7 Å². The molecule has 5 aromatic rings. The minimum Gasteiger partial charge on any atom is -0.504 e. The van der Waals surface area contributed by atoms with Crippen LogP contribution in [0.5, 0.6) is 11.5 Å². The van der Waals surface area contributed by atoms with Crippen molar-refractivity contribution in [3.8, 4) is 11.5 Å². The summed E-state index contributed by atoms with van der Waals surface area (Å²) >= 11 is 0. The first-order valence-electron chi connectivity index (χ1n) is 17.1. The zero-order valence-electron chi connectivity index (χ0n) is 28.9. The largest absolute Gasteiger partial charge is 0.504 e. The number of nitro groups is 1. The lowest BCUT2D eigenvalue weighted by Gasteiger charge is -2.36. The number of hydrogen-bond acceptors (Lipinski definition) is 7. The molecule has 0 radical (unpaired) electrons. The molecule has 3 amide bonds. The number of phenols is 2. The number of hydrogen-bond donors (Lipinski definition) is 5. The van der Waals surface area contributed by atoms with Crippen molar-refractivity contribution in [1.82, 2.24) is 16.0 Å². The van der Waals surface area contributed by atoms with E-state index >= 15 is 0 Å². The number of carbonyl (C=O) groups excluding carboxylic acids is 3. The van der Waals surface area contributed by atoms with Gasteiger partial charge in [0.15, 0.2) is 11.5 Å². The predicted molar refractivity (Wildman–Crippen MR) is 202 cm³/mol. The summed E-state index contributed by atoms with van der Waals surface area (Å²) in [6.07, 6.45) is 2.79. The summed E-state index contributed by atoms with van der Waals surface area (Å²) in [6.45, 7) is 0.372. The van der Waals surface area contributed by atoms with Gasteiger partial charge in [0.05, 0.1) is 10.3 Å². The van der Waals surface area contributed by atoms with E-state index in [-0.39, 0.29) is 49.0 Å². The van der Waals surface area contributed by atoms with Gasteiger partial charge in [0, 0.05) is 37.7 Å². The number of non-ortho nitro benzene ring substituents is 1. The van der Waals surface area contributed by atoms with Gasteiger partial charge in [-0.25, -0.2) is 0 Å². The van der Waals surface area contributed by atoms with Crippen LogP contribution in [0.4, 0.5) is 5.69 Å². The lowest BCUT2D eigenvalue weighted by molar-refractivity contribution is -0.384. The Morgan fingerprint density at radius 2 is 1.34 bits per heavy atom. The zero-order chi connectivity index (χ0) is 37.6. The maximum Gasteiger partial charge on any atom is 0.270 e. The molecule has 0 unspecified atom stereocenters. The molecule has 0 fully saturated rings. The van der Waals surface area contributed by atoms with E-state index < -0.39 is 28.2 Å². The molecule has 0 heterocycles. The minimum absolute atomic E-state index is 0.0247. The van der Waals surface area contributed by atoms with E-state index in [1.165, 1.54) is 42.5 Å². The first-order chi connectivity index (χ1) is 25.7. The van der Waals surface area contributed by atoms with Crippen molar-refractivity contribution in [1.29, 1.82) is 0 Å². The third-order valence-corrected chi connectivity index (χ3v) is 8.90. The molecule has 0 saturated heterocycles. The van der Waals surface area contributed by atoms with Crippen LogP contribution in [0, 0.1) is 10.1 Å². The normalized spacial score (nSPS) is 11.8. The van der Waals surface area contributed by atoms with Crippen molar-refractivity contribution in [3.05, 3.63) is 177 Å². The van der Waals surface area contributed by atoms with Crippen LogP contribution in [-0.4, -0.2) is 52.0 Å². The molecule has 0 bridgehead atoms. The van der Waals surface area contributed by atoms with Gasteiger partial charge in [-0.15, -0.1) is 0 Å². The Hall–Kier alpha value is -6.75. The molecule has 0 aliphatic heterocycles. The lowest BCUT2D eigenvalue weighted by Crippen LogP contribution is -2.47. The molecule has 5 aromatic carbocycles. The van der Waals surface area contributed by atoms with E-state index in [2.05, 4.69) is 16.0 Å². The van der Waals surface area contributed by atoms with Crippen LogP contribution >= 0.6 is 0 Å². The summed E-state index contributed by atoms with van der Waals surface area (Å²) in [4.78, 5) is 50.7. The Bertz CT molecular complexity index is 1960. The van der Waals surface area contributed by atoms with E-state index in [4.69, 9.17) is 0 Å². The lowest BCUT2D eigenvalue weighted by atomic mass is 9.69. The smallest absolute Gasteiger partial charge is 0.270 e. The number of phenolic OH excluding ortho intramolecular Hbond substituents is 2. The van der Waals surface area contributed by atoms with Crippen LogP contribution in [0.1, 0.15) is 40.7 Å². The highest BCUT2D eigenvalue weighted by atomic mass is 16.6. The number of rotatable bonds is 16. The summed E-state index contributed by atoms with van der Waals surface area (Å²) in [5, 5.41) is 39.1. The molecule has 270 valence electrons. The van der Waals surface area contributed by atoms with Crippen molar-refractivity contribution in [2.24, 2.45) is 0 Å². The maximum atomic E-state index is 13.6. The van der Waals surface area contributed by atoms with E-state index in [9.17, 15) is 34.7 Å². The van der Waals surface area contributed by atoms with Crippen LogP contribution in [0.2, 0.25) is 0 Å². The topological polar surface area (TPSA) is 171 Å². The van der Waals surface area contributed by atoms with Gasteiger partial charge in [-0.3, -0.25) is 24.5 Å². The molecule has 5 rings (SSSR count). The SMILES string of the molecule is O=C(/C=C/c1cccc([N+](=O)[O-])c1)N[C@@H](CCC(=O)NCC(c1ccccc1)(c1ccccc1)c1ccccc1)C(=O)NCCc1ccc(O)c(O)c1. The zero-order valence-corrected chi connectivity index (χ0v) is 28.9. The molecule has 0 saturated carbocycles. The van der Waals surface area contributed by atoms with Gasteiger partial charge in [-0.2, -0.15) is 0 Å². The predicted octanol–water partition coefficient (Wildman–Crippen LogP) is 5.79. The fourth-order valence-electron chi connectivity index (χ4n) is 6.15. The van der Waals surface area contributed by atoms with Crippen LogP contribution < -0.4 is 16.0 Å². The average Bonchev–Trinajstić information content (AvgIpc) is 3.18. The summed E-state index contributed by atoms with van der Waals surface area (Å²) in [7, 11) is 0. The molecule has 0 spiro atoms. The summed E-state index contributed by atoms with van der Waals surface area (Å²) in [5.74, 6) is -2.01. The van der Waals surface area contributed by atoms with Gasteiger partial charge < -0.3 is 26.2 Å². The van der Waals surface area contributed by atoms with Crippen LogP contribution in [0.3, 0.4) is 0 Å². The average molecular weight is 713 g/mol. The highest BCUT2D eigenvalue weighted by molar-refractivity contribution is 5.95. The Balaban J connectivity index is 1.31. The van der Waals surface area contributed by atoms with Crippen LogP contribution in [0.25, 0.3) is 6.08 Å². The standard InChI is InChI=1S/C42H40N4O7/c47-37-22-19-31(28-38(37)48)25-26-43-41(51)36(45-40(50)23-20-30-11-10-18-35(27-30)46(52)53)21-24-39(49)44-29-42(32-12-4-1-5-13-32,33-14-6-2-7-15-33)34-16-8-3-9-17-34/h1-20,22-23,27-28,36,47-48H,21,24-26,29H2,(H,43,51)(H,44,49)(H,45,50)/b23-20+/t36-/m0/s1. The number of amides is 3.